The van der Waals surface area contributed by atoms with Gasteiger partial charge in [0.05, 0.1) is 19.2 Å². The van der Waals surface area contributed by atoms with Crippen molar-refractivity contribution < 1.29 is 17.9 Å². The van der Waals surface area contributed by atoms with Crippen molar-refractivity contribution in [3.63, 3.8) is 0 Å². The number of hydrogen-bond acceptors (Lipinski definition) is 4. The summed E-state index contributed by atoms with van der Waals surface area (Å²) in [6, 6.07) is 17.0. The first-order valence-electron chi connectivity index (χ1n) is 12.1. The summed E-state index contributed by atoms with van der Waals surface area (Å²) >= 11 is 0. The van der Waals surface area contributed by atoms with Crippen LogP contribution in [0, 0.1) is 24.4 Å². The van der Waals surface area contributed by atoms with Crippen LogP contribution in [0.4, 0.5) is 13.2 Å². The van der Waals surface area contributed by atoms with Gasteiger partial charge in [0.2, 0.25) is 0 Å². The molecule has 198 valence electrons. The third kappa shape index (κ3) is 5.43. The van der Waals surface area contributed by atoms with Crippen molar-refractivity contribution in [1.29, 1.82) is 0 Å². The van der Waals surface area contributed by atoms with Crippen molar-refractivity contribution in [3.8, 4) is 16.9 Å². The van der Waals surface area contributed by atoms with Gasteiger partial charge in [0.25, 0.3) is 5.56 Å². The van der Waals surface area contributed by atoms with E-state index in [1.54, 1.807) is 6.92 Å². The van der Waals surface area contributed by atoms with Crippen LogP contribution in [-0.4, -0.2) is 22.3 Å². The van der Waals surface area contributed by atoms with E-state index in [9.17, 15) is 18.4 Å². The predicted molar refractivity (Wildman–Crippen MR) is 140 cm³/mol. The molecule has 0 aliphatic rings. The molecule has 3 aromatic carbocycles. The van der Waals surface area contributed by atoms with Gasteiger partial charge in [-0.15, -0.1) is 0 Å². The standard InChI is InChI=1S/C29H28F3N3O3/c1-18(33-15-20-9-5-4-6-10-20)16-35-28(36)26(21-11-7-14-25(38-3)27(21)32)19(2)34(29(35)37)17-22-23(30)12-8-13-24(22)31/h4-14,18,33H,15-17H2,1-3H3/t18-/m0/s1. The lowest BCUT2D eigenvalue weighted by atomic mass is 10.0. The van der Waals surface area contributed by atoms with Crippen LogP contribution in [0.2, 0.25) is 0 Å². The molecule has 1 N–H and O–H groups in total. The first-order chi connectivity index (χ1) is 18.2. The maximum absolute atomic E-state index is 15.3. The van der Waals surface area contributed by atoms with Crippen LogP contribution in [0.25, 0.3) is 11.1 Å². The SMILES string of the molecule is COc1cccc(-c2c(C)n(Cc3c(F)cccc3F)c(=O)n(C[C@H](C)NCc3ccccc3)c2=O)c1F. The van der Waals surface area contributed by atoms with Gasteiger partial charge >= 0.3 is 5.69 Å². The summed E-state index contributed by atoms with van der Waals surface area (Å²) in [5, 5.41) is 3.27. The van der Waals surface area contributed by atoms with Crippen molar-refractivity contribution in [1.82, 2.24) is 14.5 Å². The van der Waals surface area contributed by atoms with Crippen molar-refractivity contribution >= 4 is 0 Å². The van der Waals surface area contributed by atoms with Crippen molar-refractivity contribution in [2.24, 2.45) is 0 Å². The number of nitrogens with one attached hydrogen (secondary N) is 1. The number of ether oxygens (including phenoxy) is 1. The first kappa shape index (κ1) is 26.9. The molecule has 0 aliphatic carbocycles. The number of halogens is 3. The quantitative estimate of drug-likeness (QED) is 0.347. The zero-order chi connectivity index (χ0) is 27.4. The molecule has 0 spiro atoms. The number of methoxy groups -OCH3 is 1. The lowest BCUT2D eigenvalue weighted by Gasteiger charge is -2.21. The van der Waals surface area contributed by atoms with E-state index < -0.39 is 35.2 Å². The molecule has 0 saturated heterocycles. The Kier molecular flexibility index (Phi) is 8.16. The monoisotopic (exact) mass is 523 g/mol. The Morgan fingerprint density at radius 2 is 1.55 bits per heavy atom. The third-order valence-electron chi connectivity index (χ3n) is 6.47. The van der Waals surface area contributed by atoms with Crippen LogP contribution in [0.15, 0.2) is 76.3 Å². The molecule has 0 saturated carbocycles. The van der Waals surface area contributed by atoms with Gasteiger partial charge in [-0.2, -0.15) is 0 Å². The van der Waals surface area contributed by atoms with Gasteiger partial charge in [0, 0.05) is 36.0 Å². The van der Waals surface area contributed by atoms with Gasteiger partial charge < -0.3 is 10.1 Å². The molecule has 0 radical (unpaired) electrons. The summed E-state index contributed by atoms with van der Waals surface area (Å²) in [6.45, 7) is 3.23. The van der Waals surface area contributed by atoms with E-state index in [0.717, 1.165) is 26.8 Å². The fourth-order valence-corrected chi connectivity index (χ4v) is 4.39. The summed E-state index contributed by atoms with van der Waals surface area (Å²) in [6.07, 6.45) is 0. The molecule has 38 heavy (non-hydrogen) atoms. The van der Waals surface area contributed by atoms with E-state index in [1.807, 2.05) is 30.3 Å². The summed E-state index contributed by atoms with van der Waals surface area (Å²) in [5.74, 6) is -2.52. The second-order valence-corrected chi connectivity index (χ2v) is 9.03. The molecule has 6 nitrogen and oxygen atoms in total. The number of rotatable bonds is 9. The van der Waals surface area contributed by atoms with E-state index >= 15 is 4.39 Å². The fourth-order valence-electron chi connectivity index (χ4n) is 4.39. The third-order valence-corrected chi connectivity index (χ3v) is 6.47. The van der Waals surface area contributed by atoms with Crippen LogP contribution < -0.4 is 21.3 Å². The van der Waals surface area contributed by atoms with Crippen LogP contribution in [0.5, 0.6) is 5.75 Å². The number of hydrogen-bond donors (Lipinski definition) is 1. The van der Waals surface area contributed by atoms with E-state index in [-0.39, 0.29) is 40.7 Å². The topological polar surface area (TPSA) is 65.3 Å². The molecular formula is C29H28F3N3O3. The smallest absolute Gasteiger partial charge is 0.331 e. The molecule has 1 aromatic heterocycles. The number of benzene rings is 3. The molecule has 9 heteroatoms. The molecule has 0 aliphatic heterocycles. The second-order valence-electron chi connectivity index (χ2n) is 9.03. The zero-order valence-electron chi connectivity index (χ0n) is 21.3. The Morgan fingerprint density at radius 1 is 0.895 bits per heavy atom. The Balaban J connectivity index is 1.84. The van der Waals surface area contributed by atoms with Crippen LogP contribution in [0.1, 0.15) is 23.7 Å². The summed E-state index contributed by atoms with van der Waals surface area (Å²) < 4.78 is 51.5. The van der Waals surface area contributed by atoms with Crippen molar-refractivity contribution in [2.45, 2.75) is 39.5 Å². The highest BCUT2D eigenvalue weighted by molar-refractivity contribution is 5.67. The predicted octanol–water partition coefficient (Wildman–Crippen LogP) is 4.64. The molecule has 0 bridgehead atoms. The number of nitrogens with zero attached hydrogens (tertiary/aromatic N) is 2. The molecule has 4 rings (SSSR count). The lowest BCUT2D eigenvalue weighted by Crippen LogP contribution is -2.46. The molecular weight excluding hydrogens is 495 g/mol. The minimum absolute atomic E-state index is 0.0525. The first-order valence-corrected chi connectivity index (χ1v) is 12.1. The molecule has 0 fully saturated rings. The molecule has 0 amide bonds. The van der Waals surface area contributed by atoms with Gasteiger partial charge in [0.1, 0.15) is 11.6 Å². The average molecular weight is 524 g/mol. The molecule has 0 unspecified atom stereocenters. The molecule has 1 heterocycles. The van der Waals surface area contributed by atoms with Crippen LogP contribution in [0.3, 0.4) is 0 Å². The second kappa shape index (κ2) is 11.5. The van der Waals surface area contributed by atoms with Crippen molar-refractivity contribution in [2.75, 3.05) is 7.11 Å². The van der Waals surface area contributed by atoms with Crippen molar-refractivity contribution in [3.05, 3.63) is 122 Å². The highest BCUT2D eigenvalue weighted by Crippen LogP contribution is 2.29. The van der Waals surface area contributed by atoms with E-state index in [4.69, 9.17) is 4.74 Å². The maximum Gasteiger partial charge on any atom is 0.331 e. The fraction of sp³-hybridized carbons (Fsp3) is 0.241. The van der Waals surface area contributed by atoms with Gasteiger partial charge in [-0.1, -0.05) is 48.5 Å². The molecule has 4 aromatic rings. The Bertz CT molecular complexity index is 1550. The average Bonchev–Trinajstić information content (AvgIpc) is 2.91. The lowest BCUT2D eigenvalue weighted by molar-refractivity contribution is 0.387. The normalized spacial score (nSPS) is 11.9. The number of aromatic nitrogens is 2. The summed E-state index contributed by atoms with van der Waals surface area (Å²) in [7, 11) is 1.30. The van der Waals surface area contributed by atoms with E-state index in [1.165, 1.54) is 38.3 Å². The highest BCUT2D eigenvalue weighted by Gasteiger charge is 2.24. The maximum atomic E-state index is 15.3. The minimum Gasteiger partial charge on any atom is -0.494 e. The summed E-state index contributed by atoms with van der Waals surface area (Å²) in [5.41, 5.74) is -0.872. The van der Waals surface area contributed by atoms with Gasteiger partial charge in [0.15, 0.2) is 11.6 Å². The van der Waals surface area contributed by atoms with Crippen LogP contribution in [-0.2, 0) is 19.6 Å². The Labute approximate surface area is 217 Å². The van der Waals surface area contributed by atoms with Gasteiger partial charge in [-0.3, -0.25) is 13.9 Å². The minimum atomic E-state index is -0.832. The van der Waals surface area contributed by atoms with Gasteiger partial charge in [-0.25, -0.2) is 18.0 Å². The van der Waals surface area contributed by atoms with E-state index in [2.05, 4.69) is 5.32 Å². The highest BCUT2D eigenvalue weighted by atomic mass is 19.1. The molecule has 1 atom stereocenters. The van der Waals surface area contributed by atoms with Crippen LogP contribution >= 0.6 is 0 Å². The van der Waals surface area contributed by atoms with E-state index in [0.29, 0.717) is 6.54 Å². The zero-order valence-corrected chi connectivity index (χ0v) is 21.3. The Morgan fingerprint density at radius 3 is 2.21 bits per heavy atom. The summed E-state index contributed by atoms with van der Waals surface area (Å²) in [4.78, 5) is 27.3. The Hall–Kier alpha value is -4.11. The van der Waals surface area contributed by atoms with Gasteiger partial charge in [-0.05, 0) is 37.6 Å². The largest absolute Gasteiger partial charge is 0.494 e.